The average Bonchev–Trinajstić information content (AvgIpc) is 2.95. The number of benzene rings is 1. The molecule has 0 saturated carbocycles. The predicted octanol–water partition coefficient (Wildman–Crippen LogP) is 3.65. The van der Waals surface area contributed by atoms with E-state index in [9.17, 15) is 4.79 Å². The second kappa shape index (κ2) is 6.04. The van der Waals surface area contributed by atoms with E-state index in [2.05, 4.69) is 27.3 Å². The van der Waals surface area contributed by atoms with Crippen LogP contribution in [0.5, 0.6) is 0 Å². The van der Waals surface area contributed by atoms with Crippen molar-refractivity contribution in [3.8, 4) is 16.5 Å². The van der Waals surface area contributed by atoms with Gasteiger partial charge in [0.25, 0.3) is 0 Å². The Labute approximate surface area is 152 Å². The van der Waals surface area contributed by atoms with Crippen molar-refractivity contribution in [3.05, 3.63) is 45.2 Å². The normalized spacial score (nSPS) is 20.7. The first-order valence-corrected chi connectivity index (χ1v) is 8.88. The molecule has 1 fully saturated rings. The first kappa shape index (κ1) is 16.7. The maximum absolute atomic E-state index is 12.1. The minimum atomic E-state index is -0.612. The van der Waals surface area contributed by atoms with Crippen LogP contribution in [0.3, 0.4) is 0 Å². The van der Waals surface area contributed by atoms with Crippen LogP contribution in [0.2, 0.25) is 0 Å². The Morgan fingerprint density at radius 1 is 1.46 bits per heavy atom. The lowest BCUT2D eigenvalue weighted by Crippen LogP contribution is -2.57. The van der Waals surface area contributed by atoms with E-state index in [0.29, 0.717) is 5.56 Å². The average molecular weight is 403 g/mol. The fourth-order valence-electron chi connectivity index (χ4n) is 2.65. The van der Waals surface area contributed by atoms with E-state index in [0.717, 1.165) is 19.8 Å². The summed E-state index contributed by atoms with van der Waals surface area (Å²) >= 11 is 5.14. The molecule has 1 atom stereocenters. The molecule has 1 amide bonds. The van der Waals surface area contributed by atoms with Gasteiger partial charge in [0, 0.05) is 21.3 Å². The highest BCUT2D eigenvalue weighted by atomic mass is 79.9. The van der Waals surface area contributed by atoms with E-state index in [1.807, 2.05) is 31.2 Å². The van der Waals surface area contributed by atoms with Crippen molar-refractivity contribution in [1.29, 1.82) is 10.7 Å². The number of rotatable bonds is 2. The number of carbonyl (C=O) groups excluding carboxylic acids is 1. The number of nitriles is 1. The summed E-state index contributed by atoms with van der Waals surface area (Å²) in [7, 11) is 1.60. The molecular weight excluding hydrogens is 388 g/mol. The Morgan fingerprint density at radius 3 is 2.88 bits per heavy atom. The summed E-state index contributed by atoms with van der Waals surface area (Å²) in [5, 5.41) is 20.2. The van der Waals surface area contributed by atoms with Crippen LogP contribution in [0.15, 0.2) is 34.8 Å². The molecule has 1 saturated heterocycles. The van der Waals surface area contributed by atoms with Crippen molar-refractivity contribution >= 4 is 39.1 Å². The molecule has 1 aliphatic heterocycles. The molecular formula is C17H15BrN4OS. The Bertz CT molecular complexity index is 865. The van der Waals surface area contributed by atoms with E-state index >= 15 is 0 Å². The molecule has 0 aliphatic carbocycles. The largest absolute Gasteiger partial charge is 0.345 e. The van der Waals surface area contributed by atoms with Crippen LogP contribution in [0.4, 0.5) is 0 Å². The summed E-state index contributed by atoms with van der Waals surface area (Å²) in [6.45, 7) is 1.93. The van der Waals surface area contributed by atoms with Crippen LogP contribution >= 0.6 is 27.3 Å². The monoisotopic (exact) mass is 402 g/mol. The number of hydrogen-bond acceptors (Lipinski definition) is 4. The van der Waals surface area contributed by atoms with E-state index in [1.54, 1.807) is 24.5 Å². The zero-order valence-electron chi connectivity index (χ0n) is 13.2. The lowest BCUT2D eigenvalue weighted by Gasteiger charge is -2.38. The van der Waals surface area contributed by atoms with Crippen LogP contribution in [-0.4, -0.2) is 23.8 Å². The van der Waals surface area contributed by atoms with E-state index in [4.69, 9.17) is 10.7 Å². The highest BCUT2D eigenvalue weighted by molar-refractivity contribution is 9.10. The molecule has 0 unspecified atom stereocenters. The smallest absolute Gasteiger partial charge is 0.231 e. The second-order valence-corrected chi connectivity index (χ2v) is 7.82. The van der Waals surface area contributed by atoms with Gasteiger partial charge in [0.2, 0.25) is 5.91 Å². The second-order valence-electron chi connectivity index (χ2n) is 5.92. The SMILES string of the molecule is CN1C(=N)N[C@](C)(c2cc(Br)c(-c3cccc(C#N)c3)s2)CC1=O. The quantitative estimate of drug-likeness (QED) is 0.804. The van der Waals surface area contributed by atoms with Crippen molar-refractivity contribution < 1.29 is 4.79 Å². The number of hydrogen-bond donors (Lipinski definition) is 2. The van der Waals surface area contributed by atoms with Crippen molar-refractivity contribution in [2.45, 2.75) is 18.9 Å². The number of amides is 1. The molecule has 2 N–H and O–H groups in total. The van der Waals surface area contributed by atoms with Gasteiger partial charge in [0.15, 0.2) is 5.96 Å². The van der Waals surface area contributed by atoms with Gasteiger partial charge in [-0.05, 0) is 46.6 Å². The van der Waals surface area contributed by atoms with Gasteiger partial charge < -0.3 is 5.32 Å². The molecule has 2 aromatic rings. The third-order valence-corrected chi connectivity index (χ3v) is 6.43. The molecule has 122 valence electrons. The highest BCUT2D eigenvalue weighted by Crippen LogP contribution is 2.42. The number of thiophene rings is 1. The molecule has 0 bridgehead atoms. The lowest BCUT2D eigenvalue weighted by atomic mass is 9.93. The zero-order chi connectivity index (χ0) is 17.5. The Balaban J connectivity index is 2.01. The van der Waals surface area contributed by atoms with E-state index in [1.165, 1.54) is 4.90 Å². The first-order valence-electron chi connectivity index (χ1n) is 7.28. The van der Waals surface area contributed by atoms with E-state index in [-0.39, 0.29) is 18.3 Å². The third kappa shape index (κ3) is 2.83. The van der Waals surface area contributed by atoms with Crippen LogP contribution in [0.1, 0.15) is 23.8 Å². The summed E-state index contributed by atoms with van der Waals surface area (Å²) in [4.78, 5) is 15.4. The molecule has 24 heavy (non-hydrogen) atoms. The predicted molar refractivity (Wildman–Crippen MR) is 97.8 cm³/mol. The molecule has 1 aromatic carbocycles. The van der Waals surface area contributed by atoms with Crippen molar-refractivity contribution in [2.75, 3.05) is 7.05 Å². The Hall–Kier alpha value is -2.17. The summed E-state index contributed by atoms with van der Waals surface area (Å²) in [5.41, 5.74) is 0.948. The van der Waals surface area contributed by atoms with Gasteiger partial charge >= 0.3 is 0 Å². The number of carbonyl (C=O) groups is 1. The summed E-state index contributed by atoms with van der Waals surface area (Å²) < 4.78 is 0.915. The maximum atomic E-state index is 12.1. The molecule has 7 heteroatoms. The van der Waals surface area contributed by atoms with Gasteiger partial charge in [0.1, 0.15) is 0 Å². The van der Waals surface area contributed by atoms with Crippen LogP contribution in [0, 0.1) is 16.7 Å². The van der Waals surface area contributed by atoms with E-state index < -0.39 is 5.54 Å². The molecule has 1 aliphatic rings. The fourth-order valence-corrected chi connectivity index (χ4v) is 4.65. The van der Waals surface area contributed by atoms with Gasteiger partial charge in [-0.2, -0.15) is 5.26 Å². The topological polar surface area (TPSA) is 80.0 Å². The summed E-state index contributed by atoms with van der Waals surface area (Å²) in [6.07, 6.45) is 0.288. The van der Waals surface area contributed by atoms with Gasteiger partial charge in [0.05, 0.1) is 23.6 Å². The Kier molecular flexibility index (Phi) is 4.20. The van der Waals surface area contributed by atoms with Crippen LogP contribution in [0.25, 0.3) is 10.4 Å². The minimum absolute atomic E-state index is 0.0844. The van der Waals surface area contributed by atoms with Crippen molar-refractivity contribution in [1.82, 2.24) is 10.2 Å². The first-order chi connectivity index (χ1) is 11.3. The molecule has 5 nitrogen and oxygen atoms in total. The minimum Gasteiger partial charge on any atom is -0.345 e. The Morgan fingerprint density at radius 2 is 2.21 bits per heavy atom. The van der Waals surface area contributed by atoms with Gasteiger partial charge in [-0.25, -0.2) is 0 Å². The molecule has 3 rings (SSSR count). The summed E-state index contributed by atoms with van der Waals surface area (Å²) in [6, 6.07) is 11.6. The zero-order valence-corrected chi connectivity index (χ0v) is 15.6. The lowest BCUT2D eigenvalue weighted by molar-refractivity contribution is -0.129. The molecule has 1 aromatic heterocycles. The number of nitrogens with one attached hydrogen (secondary N) is 2. The standard InChI is InChI=1S/C17H15BrN4OS/c1-17(8-14(23)22(2)16(20)21-17)13-7-12(18)15(24-13)11-5-3-4-10(6-11)9-19/h3-7H,8H2,1-2H3,(H2,20,21)/t17-/m0/s1. The van der Waals surface area contributed by atoms with Crippen LogP contribution in [-0.2, 0) is 10.3 Å². The van der Waals surface area contributed by atoms with Crippen molar-refractivity contribution in [3.63, 3.8) is 0 Å². The van der Waals surface area contributed by atoms with Crippen LogP contribution < -0.4 is 5.32 Å². The maximum Gasteiger partial charge on any atom is 0.231 e. The highest BCUT2D eigenvalue weighted by Gasteiger charge is 2.39. The number of halogens is 1. The van der Waals surface area contributed by atoms with Crippen molar-refractivity contribution in [2.24, 2.45) is 0 Å². The molecule has 2 heterocycles. The van der Waals surface area contributed by atoms with Gasteiger partial charge in [-0.15, -0.1) is 11.3 Å². The third-order valence-electron chi connectivity index (χ3n) is 4.09. The fraction of sp³-hybridized carbons (Fsp3) is 0.235. The molecule has 0 spiro atoms. The van der Waals surface area contributed by atoms with Gasteiger partial charge in [-0.1, -0.05) is 12.1 Å². The van der Waals surface area contributed by atoms with Gasteiger partial charge in [-0.3, -0.25) is 15.1 Å². The summed E-state index contributed by atoms with van der Waals surface area (Å²) in [5.74, 6) is 0.0186. The number of nitrogens with zero attached hydrogens (tertiary/aromatic N) is 2. The number of guanidine groups is 1. The molecule has 0 radical (unpaired) electrons.